The minimum atomic E-state index is -0.00478. The van der Waals surface area contributed by atoms with Crippen LogP contribution in [0.3, 0.4) is 0 Å². The van der Waals surface area contributed by atoms with Crippen LogP contribution in [0.15, 0.2) is 24.3 Å². The maximum atomic E-state index is 11.9. The molecule has 0 heterocycles. The molecule has 112 valence electrons. The minimum absolute atomic E-state index is 0.00478. The first-order valence-corrected chi connectivity index (χ1v) is 7.58. The van der Waals surface area contributed by atoms with Crippen LogP contribution in [0, 0.1) is 5.92 Å². The van der Waals surface area contributed by atoms with Crippen LogP contribution >= 0.6 is 0 Å². The second-order valence-electron chi connectivity index (χ2n) is 5.45. The zero-order chi connectivity index (χ0) is 14.8. The Balaban J connectivity index is 2.13. The van der Waals surface area contributed by atoms with Gasteiger partial charge in [-0.15, -0.1) is 0 Å². The van der Waals surface area contributed by atoms with Crippen LogP contribution in [0.25, 0.3) is 0 Å². The van der Waals surface area contributed by atoms with Crippen molar-refractivity contribution in [3.63, 3.8) is 0 Å². The molecule has 1 aromatic carbocycles. The molecule has 20 heavy (non-hydrogen) atoms. The van der Waals surface area contributed by atoms with Crippen LogP contribution in [0.1, 0.15) is 49.5 Å². The molecule has 1 rings (SSSR count). The summed E-state index contributed by atoms with van der Waals surface area (Å²) in [6.45, 7) is 8.66. The molecule has 0 aromatic heterocycles. The van der Waals surface area contributed by atoms with E-state index in [0.29, 0.717) is 19.1 Å². The first kappa shape index (κ1) is 16.7. The van der Waals surface area contributed by atoms with Gasteiger partial charge in [-0.2, -0.15) is 0 Å². The third-order valence-corrected chi connectivity index (χ3v) is 3.21. The zero-order valence-electron chi connectivity index (χ0n) is 12.9. The van der Waals surface area contributed by atoms with E-state index in [-0.39, 0.29) is 5.91 Å². The standard InChI is InChI=1S/C17H27NO2/c1-4-15-6-8-16(9-7-15)17(19)18-11-5-12-20-13-10-14(2)3/h6-9,14H,4-5,10-13H2,1-3H3,(H,18,19). The zero-order valence-corrected chi connectivity index (χ0v) is 12.9. The maximum absolute atomic E-state index is 11.9. The van der Waals surface area contributed by atoms with Gasteiger partial charge in [-0.1, -0.05) is 32.9 Å². The largest absolute Gasteiger partial charge is 0.381 e. The van der Waals surface area contributed by atoms with E-state index in [1.807, 2.05) is 24.3 Å². The Morgan fingerprint density at radius 3 is 2.50 bits per heavy atom. The Morgan fingerprint density at radius 1 is 1.20 bits per heavy atom. The smallest absolute Gasteiger partial charge is 0.251 e. The SMILES string of the molecule is CCc1ccc(C(=O)NCCCOCCC(C)C)cc1. The molecule has 3 nitrogen and oxygen atoms in total. The maximum Gasteiger partial charge on any atom is 0.251 e. The Hall–Kier alpha value is -1.35. The fraction of sp³-hybridized carbons (Fsp3) is 0.588. The second-order valence-corrected chi connectivity index (χ2v) is 5.45. The minimum Gasteiger partial charge on any atom is -0.381 e. The number of carbonyl (C=O) groups excluding carboxylic acids is 1. The van der Waals surface area contributed by atoms with Crippen molar-refractivity contribution in [2.45, 2.75) is 40.0 Å². The van der Waals surface area contributed by atoms with Gasteiger partial charge < -0.3 is 10.1 Å². The molecular weight excluding hydrogens is 250 g/mol. The number of ether oxygens (including phenoxy) is 1. The summed E-state index contributed by atoms with van der Waals surface area (Å²) >= 11 is 0. The van der Waals surface area contributed by atoms with E-state index < -0.39 is 0 Å². The lowest BCUT2D eigenvalue weighted by atomic mass is 10.1. The Morgan fingerprint density at radius 2 is 1.90 bits per heavy atom. The van der Waals surface area contributed by atoms with E-state index in [1.54, 1.807) is 0 Å². The number of rotatable bonds is 9. The fourth-order valence-corrected chi connectivity index (χ4v) is 1.79. The van der Waals surface area contributed by atoms with Crippen molar-refractivity contribution in [2.75, 3.05) is 19.8 Å². The van der Waals surface area contributed by atoms with Gasteiger partial charge in [0.15, 0.2) is 0 Å². The molecule has 1 N–H and O–H groups in total. The molecule has 0 spiro atoms. The molecule has 0 unspecified atom stereocenters. The molecule has 0 aliphatic rings. The summed E-state index contributed by atoms with van der Waals surface area (Å²) < 4.78 is 5.51. The van der Waals surface area contributed by atoms with Crippen LogP contribution < -0.4 is 5.32 Å². The summed E-state index contributed by atoms with van der Waals surface area (Å²) in [4.78, 5) is 11.9. The van der Waals surface area contributed by atoms with E-state index in [9.17, 15) is 4.79 Å². The third-order valence-electron chi connectivity index (χ3n) is 3.21. The Bertz CT molecular complexity index is 384. The van der Waals surface area contributed by atoms with Gasteiger partial charge in [-0.05, 0) is 42.9 Å². The van der Waals surface area contributed by atoms with Crippen LogP contribution in [0.2, 0.25) is 0 Å². The summed E-state index contributed by atoms with van der Waals surface area (Å²) in [5.74, 6) is 0.677. The number of carbonyl (C=O) groups is 1. The Kier molecular flexibility index (Phi) is 7.97. The molecular formula is C17H27NO2. The average molecular weight is 277 g/mol. The predicted molar refractivity (Wildman–Crippen MR) is 83.0 cm³/mol. The van der Waals surface area contributed by atoms with Crippen molar-refractivity contribution < 1.29 is 9.53 Å². The third kappa shape index (κ3) is 6.71. The van der Waals surface area contributed by atoms with E-state index in [0.717, 1.165) is 31.4 Å². The number of amides is 1. The monoisotopic (exact) mass is 277 g/mol. The van der Waals surface area contributed by atoms with Crippen molar-refractivity contribution >= 4 is 5.91 Å². The second kappa shape index (κ2) is 9.54. The lowest BCUT2D eigenvalue weighted by Crippen LogP contribution is -2.25. The highest BCUT2D eigenvalue weighted by atomic mass is 16.5. The number of hydrogen-bond acceptors (Lipinski definition) is 2. The summed E-state index contributed by atoms with van der Waals surface area (Å²) in [5, 5.41) is 2.92. The number of hydrogen-bond donors (Lipinski definition) is 1. The van der Waals surface area contributed by atoms with Gasteiger partial charge >= 0.3 is 0 Å². The first-order chi connectivity index (χ1) is 9.63. The first-order valence-electron chi connectivity index (χ1n) is 7.58. The van der Waals surface area contributed by atoms with Crippen molar-refractivity contribution in [2.24, 2.45) is 5.92 Å². The normalized spacial score (nSPS) is 10.8. The molecule has 0 radical (unpaired) electrons. The average Bonchev–Trinajstić information content (AvgIpc) is 2.45. The van der Waals surface area contributed by atoms with Gasteiger partial charge in [0.1, 0.15) is 0 Å². The summed E-state index contributed by atoms with van der Waals surface area (Å²) in [6, 6.07) is 7.77. The van der Waals surface area contributed by atoms with Crippen molar-refractivity contribution in [3.05, 3.63) is 35.4 Å². The van der Waals surface area contributed by atoms with Crippen molar-refractivity contribution in [1.82, 2.24) is 5.32 Å². The van der Waals surface area contributed by atoms with Crippen molar-refractivity contribution in [1.29, 1.82) is 0 Å². The van der Waals surface area contributed by atoms with E-state index in [2.05, 4.69) is 26.1 Å². The van der Waals surface area contributed by atoms with Gasteiger partial charge in [0.05, 0.1) is 0 Å². The summed E-state index contributed by atoms with van der Waals surface area (Å²) in [6.07, 6.45) is 2.95. The summed E-state index contributed by atoms with van der Waals surface area (Å²) in [5.41, 5.74) is 1.98. The molecule has 0 atom stereocenters. The highest BCUT2D eigenvalue weighted by Crippen LogP contribution is 2.05. The lowest BCUT2D eigenvalue weighted by molar-refractivity contribution is 0.0937. The molecule has 1 aromatic rings. The van der Waals surface area contributed by atoms with Gasteiger partial charge in [-0.3, -0.25) is 4.79 Å². The van der Waals surface area contributed by atoms with Crippen LogP contribution in [0.5, 0.6) is 0 Å². The van der Waals surface area contributed by atoms with Crippen LogP contribution in [-0.4, -0.2) is 25.7 Å². The number of nitrogens with one attached hydrogen (secondary N) is 1. The van der Waals surface area contributed by atoms with Gasteiger partial charge in [-0.25, -0.2) is 0 Å². The molecule has 0 fully saturated rings. The molecule has 0 saturated carbocycles. The van der Waals surface area contributed by atoms with Crippen LogP contribution in [-0.2, 0) is 11.2 Å². The number of benzene rings is 1. The molecule has 0 saturated heterocycles. The van der Waals surface area contributed by atoms with Gasteiger partial charge in [0, 0.05) is 25.3 Å². The highest BCUT2D eigenvalue weighted by molar-refractivity contribution is 5.94. The topological polar surface area (TPSA) is 38.3 Å². The van der Waals surface area contributed by atoms with Gasteiger partial charge in [0.2, 0.25) is 0 Å². The van der Waals surface area contributed by atoms with Crippen molar-refractivity contribution in [3.8, 4) is 0 Å². The Labute approximate surface area is 122 Å². The predicted octanol–water partition coefficient (Wildman–Crippen LogP) is 3.43. The van der Waals surface area contributed by atoms with E-state index in [4.69, 9.17) is 4.74 Å². The van der Waals surface area contributed by atoms with E-state index in [1.165, 1.54) is 5.56 Å². The fourth-order valence-electron chi connectivity index (χ4n) is 1.79. The molecule has 0 aliphatic carbocycles. The molecule has 0 bridgehead atoms. The number of aryl methyl sites for hydroxylation is 1. The molecule has 3 heteroatoms. The van der Waals surface area contributed by atoms with Gasteiger partial charge in [0.25, 0.3) is 5.91 Å². The molecule has 0 aliphatic heterocycles. The highest BCUT2D eigenvalue weighted by Gasteiger charge is 2.04. The van der Waals surface area contributed by atoms with Crippen LogP contribution in [0.4, 0.5) is 0 Å². The molecule has 1 amide bonds. The summed E-state index contributed by atoms with van der Waals surface area (Å²) in [7, 11) is 0. The van der Waals surface area contributed by atoms with E-state index >= 15 is 0 Å². The lowest BCUT2D eigenvalue weighted by Gasteiger charge is -2.08. The quantitative estimate of drug-likeness (QED) is 0.702.